The smallest absolute Gasteiger partial charge is 0.407 e. The normalized spacial score (nSPS) is 14.9. The van der Waals surface area contributed by atoms with Gasteiger partial charge in [0, 0.05) is 43.0 Å². The molecule has 0 bridgehead atoms. The van der Waals surface area contributed by atoms with E-state index in [1.165, 1.54) is 0 Å². The van der Waals surface area contributed by atoms with E-state index in [-0.39, 0.29) is 6.03 Å². The molecule has 0 saturated carbocycles. The lowest BCUT2D eigenvalue weighted by atomic mass is 9.97. The topological polar surface area (TPSA) is 88.5 Å². The van der Waals surface area contributed by atoms with Gasteiger partial charge in [0.1, 0.15) is 5.60 Å². The summed E-state index contributed by atoms with van der Waals surface area (Å²) in [6, 6.07) is 7.32. The van der Waals surface area contributed by atoms with E-state index in [1.807, 2.05) is 56.1 Å². The van der Waals surface area contributed by atoms with Crippen LogP contribution in [-0.2, 0) is 11.3 Å². The lowest BCUT2D eigenvalue weighted by molar-refractivity contribution is 0.0511. The molecule has 31 heavy (non-hydrogen) atoms. The number of aromatic nitrogens is 2. The molecule has 168 valence electrons. The highest BCUT2D eigenvalue weighted by atomic mass is 35.5. The number of hydrogen-bond acceptors (Lipinski definition) is 4. The number of hydrogen-bond donors (Lipinski definition) is 2. The van der Waals surface area contributed by atoms with Gasteiger partial charge >= 0.3 is 12.1 Å². The van der Waals surface area contributed by atoms with Crippen molar-refractivity contribution in [2.75, 3.05) is 19.6 Å². The average Bonchev–Trinajstić information content (AvgIpc) is 3.19. The second kappa shape index (κ2) is 10.0. The molecule has 3 rings (SSSR count). The zero-order valence-corrected chi connectivity index (χ0v) is 19.0. The minimum absolute atomic E-state index is 0.0854. The number of piperidine rings is 1. The second-order valence-electron chi connectivity index (χ2n) is 8.74. The summed E-state index contributed by atoms with van der Waals surface area (Å²) in [5.41, 5.74) is 1.32. The van der Waals surface area contributed by atoms with Crippen molar-refractivity contribution in [2.45, 2.75) is 45.8 Å². The summed E-state index contributed by atoms with van der Waals surface area (Å²) in [4.78, 5) is 26.1. The van der Waals surface area contributed by atoms with Crippen LogP contribution in [-0.4, -0.2) is 52.0 Å². The largest absolute Gasteiger partial charge is 0.444 e. The third-order valence-corrected chi connectivity index (χ3v) is 5.26. The second-order valence-corrected chi connectivity index (χ2v) is 9.18. The van der Waals surface area contributed by atoms with Gasteiger partial charge in [0.25, 0.3) is 0 Å². The van der Waals surface area contributed by atoms with Crippen LogP contribution in [0.2, 0.25) is 5.02 Å². The van der Waals surface area contributed by atoms with Crippen molar-refractivity contribution >= 4 is 23.7 Å². The molecule has 2 aromatic rings. The fraction of sp³-hybridized carbons (Fsp3) is 0.500. The molecule has 3 amide bonds. The van der Waals surface area contributed by atoms with Crippen molar-refractivity contribution < 1.29 is 14.3 Å². The molecule has 0 unspecified atom stereocenters. The van der Waals surface area contributed by atoms with E-state index in [1.54, 1.807) is 10.9 Å². The minimum Gasteiger partial charge on any atom is -0.444 e. The first-order valence-corrected chi connectivity index (χ1v) is 10.9. The third-order valence-electron chi connectivity index (χ3n) is 5.01. The Balaban J connectivity index is 1.38. The summed E-state index contributed by atoms with van der Waals surface area (Å²) >= 11 is 5.92. The summed E-state index contributed by atoms with van der Waals surface area (Å²) in [5.74, 6) is 0.342. The number of benzene rings is 1. The summed E-state index contributed by atoms with van der Waals surface area (Å²) < 4.78 is 7.01. The molecule has 2 heterocycles. The summed E-state index contributed by atoms with van der Waals surface area (Å²) in [6.45, 7) is 7.82. The van der Waals surface area contributed by atoms with Gasteiger partial charge in [-0.15, -0.1) is 0 Å². The van der Waals surface area contributed by atoms with Gasteiger partial charge in [-0.05, 0) is 63.8 Å². The van der Waals surface area contributed by atoms with Crippen LogP contribution in [0.25, 0.3) is 5.69 Å². The first kappa shape index (κ1) is 22.9. The van der Waals surface area contributed by atoms with Crippen LogP contribution in [0.5, 0.6) is 0 Å². The highest BCUT2D eigenvalue weighted by Gasteiger charge is 2.24. The summed E-state index contributed by atoms with van der Waals surface area (Å²) in [7, 11) is 0. The number of amides is 3. The highest BCUT2D eigenvalue weighted by molar-refractivity contribution is 6.30. The SMILES string of the molecule is CC(C)(C)OC(=O)NCC1CCN(C(=O)NCc2cnn(-c3ccc(Cl)cc3)c2)CC1. The van der Waals surface area contributed by atoms with Gasteiger partial charge in [0.15, 0.2) is 0 Å². The Bertz CT molecular complexity index is 883. The summed E-state index contributed by atoms with van der Waals surface area (Å²) in [5, 5.41) is 10.8. The Morgan fingerprint density at radius 1 is 1.16 bits per heavy atom. The van der Waals surface area contributed by atoms with E-state index in [9.17, 15) is 9.59 Å². The van der Waals surface area contributed by atoms with E-state index in [0.717, 1.165) is 24.1 Å². The molecule has 0 atom stereocenters. The van der Waals surface area contributed by atoms with Crippen LogP contribution >= 0.6 is 11.6 Å². The zero-order valence-electron chi connectivity index (χ0n) is 18.2. The third kappa shape index (κ3) is 7.17. The molecular weight excluding hydrogens is 418 g/mol. The van der Waals surface area contributed by atoms with Crippen molar-refractivity contribution in [3.8, 4) is 5.69 Å². The highest BCUT2D eigenvalue weighted by Crippen LogP contribution is 2.17. The van der Waals surface area contributed by atoms with Gasteiger partial charge in [-0.1, -0.05) is 11.6 Å². The molecule has 1 aliphatic rings. The monoisotopic (exact) mass is 447 g/mol. The number of nitrogens with one attached hydrogen (secondary N) is 2. The number of rotatable bonds is 5. The minimum atomic E-state index is -0.503. The van der Waals surface area contributed by atoms with Gasteiger partial charge in [-0.25, -0.2) is 14.3 Å². The Labute approximate surface area is 187 Å². The number of ether oxygens (including phenoxy) is 1. The molecule has 1 aliphatic heterocycles. The molecule has 2 N–H and O–H groups in total. The van der Waals surface area contributed by atoms with Crippen molar-refractivity contribution in [3.05, 3.63) is 47.2 Å². The van der Waals surface area contributed by atoms with E-state index >= 15 is 0 Å². The van der Waals surface area contributed by atoms with Gasteiger partial charge in [-0.3, -0.25) is 0 Å². The lowest BCUT2D eigenvalue weighted by Gasteiger charge is -2.32. The van der Waals surface area contributed by atoms with Gasteiger partial charge in [0.2, 0.25) is 0 Å². The molecule has 1 aromatic heterocycles. The number of likely N-dealkylation sites (tertiary alicyclic amines) is 1. The quantitative estimate of drug-likeness (QED) is 0.725. The molecule has 0 spiro atoms. The van der Waals surface area contributed by atoms with Crippen molar-refractivity contribution in [1.82, 2.24) is 25.3 Å². The number of alkyl carbamates (subject to hydrolysis) is 1. The standard InChI is InChI=1S/C22H30ClN5O3/c1-22(2,3)31-21(30)25-12-16-8-10-27(11-9-16)20(29)24-13-17-14-26-28(15-17)19-6-4-18(23)5-7-19/h4-7,14-16H,8-13H2,1-3H3,(H,24,29)(H,25,30). The lowest BCUT2D eigenvalue weighted by Crippen LogP contribution is -2.46. The van der Waals surface area contributed by atoms with Gasteiger partial charge in [0.05, 0.1) is 11.9 Å². The van der Waals surface area contributed by atoms with Crippen molar-refractivity contribution in [1.29, 1.82) is 0 Å². The fourth-order valence-corrected chi connectivity index (χ4v) is 3.48. The van der Waals surface area contributed by atoms with Crippen LogP contribution in [0, 0.1) is 5.92 Å². The number of carbonyl (C=O) groups is 2. The Morgan fingerprint density at radius 3 is 2.48 bits per heavy atom. The van der Waals surface area contributed by atoms with Crippen LogP contribution in [0.15, 0.2) is 36.7 Å². The molecule has 0 aliphatic carbocycles. The molecule has 1 aromatic carbocycles. The Morgan fingerprint density at radius 2 is 1.84 bits per heavy atom. The van der Waals surface area contributed by atoms with E-state index in [2.05, 4.69) is 15.7 Å². The number of nitrogens with zero attached hydrogens (tertiary/aromatic N) is 3. The van der Waals surface area contributed by atoms with E-state index < -0.39 is 11.7 Å². The Kier molecular flexibility index (Phi) is 7.43. The first-order chi connectivity index (χ1) is 14.7. The molecule has 8 nitrogen and oxygen atoms in total. The van der Waals surface area contributed by atoms with Gasteiger partial charge < -0.3 is 20.3 Å². The number of urea groups is 1. The zero-order chi connectivity index (χ0) is 22.4. The maximum Gasteiger partial charge on any atom is 0.407 e. The Hall–Kier alpha value is -2.74. The maximum atomic E-state index is 12.5. The molecule has 0 radical (unpaired) electrons. The molecular formula is C22H30ClN5O3. The van der Waals surface area contributed by atoms with Crippen LogP contribution in [0.3, 0.4) is 0 Å². The fourth-order valence-electron chi connectivity index (χ4n) is 3.36. The number of halogens is 1. The van der Waals surface area contributed by atoms with Crippen molar-refractivity contribution in [2.24, 2.45) is 5.92 Å². The molecule has 9 heteroatoms. The van der Waals surface area contributed by atoms with Crippen molar-refractivity contribution in [3.63, 3.8) is 0 Å². The predicted molar refractivity (Wildman–Crippen MR) is 119 cm³/mol. The van der Waals surface area contributed by atoms with Crippen LogP contribution < -0.4 is 10.6 Å². The van der Waals surface area contributed by atoms with E-state index in [4.69, 9.17) is 16.3 Å². The predicted octanol–water partition coefficient (Wildman–Crippen LogP) is 3.97. The average molecular weight is 448 g/mol. The van der Waals surface area contributed by atoms with Gasteiger partial charge in [-0.2, -0.15) is 5.10 Å². The first-order valence-electron chi connectivity index (χ1n) is 10.5. The molecule has 1 saturated heterocycles. The number of carbonyl (C=O) groups excluding carboxylic acids is 2. The van der Waals surface area contributed by atoms with Crippen LogP contribution in [0.4, 0.5) is 9.59 Å². The molecule has 1 fully saturated rings. The van der Waals surface area contributed by atoms with Crippen LogP contribution in [0.1, 0.15) is 39.2 Å². The summed E-state index contributed by atoms with van der Waals surface area (Å²) in [6.07, 6.45) is 4.92. The maximum absolute atomic E-state index is 12.5. The van der Waals surface area contributed by atoms with E-state index in [0.29, 0.717) is 37.1 Å².